The van der Waals surface area contributed by atoms with Crippen LogP contribution in [0.1, 0.15) is 34.7 Å². The topological polar surface area (TPSA) is 40.6 Å². The Labute approximate surface area is 295 Å². The van der Waals surface area contributed by atoms with Crippen LogP contribution in [0.25, 0.3) is 5.57 Å². The molecule has 0 spiro atoms. The van der Waals surface area contributed by atoms with Gasteiger partial charge in [-0.3, -0.25) is 9.59 Å². The van der Waals surface area contributed by atoms with E-state index in [2.05, 4.69) is 109 Å². The van der Waals surface area contributed by atoms with Crippen molar-refractivity contribution in [2.24, 2.45) is 5.92 Å². The van der Waals surface area contributed by atoms with Crippen LogP contribution in [0.4, 0.5) is 0 Å². The second kappa shape index (κ2) is 16.6. The van der Waals surface area contributed by atoms with Gasteiger partial charge in [0, 0.05) is 30.7 Å². The Morgan fingerprint density at radius 1 is 0.771 bits per heavy atom. The standard InChI is InChI=1S/C21H25NOSSi.C20H27NOSi/c1-24-20-19(16-10-6-5-7-11-16)18-13-9-8-12-17(18)14-22(21(20)23)15-25(2,3)4;1-17(15-18-11-7-5-8-12-18)20(22)21(23(2,3)4)16-19-13-9-6-10-14-19/h5-13H,14-15H2,1-4H3;5-14,17H,15-16H2,1-4H3. The van der Waals surface area contributed by atoms with Crippen LogP contribution in [0, 0.1) is 5.92 Å². The summed E-state index contributed by atoms with van der Waals surface area (Å²) in [6.45, 7) is 17.1. The van der Waals surface area contributed by atoms with Gasteiger partial charge in [-0.2, -0.15) is 0 Å². The molecule has 4 aromatic carbocycles. The molecule has 1 heterocycles. The lowest BCUT2D eigenvalue weighted by Gasteiger charge is -2.36. The minimum atomic E-state index is -1.73. The number of amides is 2. The van der Waals surface area contributed by atoms with Gasteiger partial charge in [-0.1, -0.05) is 161 Å². The van der Waals surface area contributed by atoms with Gasteiger partial charge >= 0.3 is 0 Å². The van der Waals surface area contributed by atoms with Crippen LogP contribution in [0.3, 0.4) is 0 Å². The lowest BCUT2D eigenvalue weighted by atomic mass is 9.94. The molecule has 0 radical (unpaired) electrons. The fraction of sp³-hybridized carbons (Fsp3) is 0.317. The van der Waals surface area contributed by atoms with Crippen molar-refractivity contribution in [2.75, 3.05) is 12.4 Å². The second-order valence-corrected chi connectivity index (χ2v) is 26.0. The Morgan fingerprint density at radius 3 is 1.83 bits per heavy atom. The number of carbonyl (C=O) groups is 2. The number of rotatable bonds is 10. The molecule has 5 rings (SSSR count). The summed E-state index contributed by atoms with van der Waals surface area (Å²) in [7, 11) is -3.13. The molecular formula is C41H52N2O2SSi2. The van der Waals surface area contributed by atoms with Gasteiger partial charge in [0.1, 0.15) is 0 Å². The molecule has 0 N–H and O–H groups in total. The van der Waals surface area contributed by atoms with Crippen LogP contribution < -0.4 is 0 Å². The minimum Gasteiger partial charge on any atom is -0.366 e. The molecule has 1 unspecified atom stereocenters. The molecule has 1 atom stereocenters. The van der Waals surface area contributed by atoms with Crippen molar-refractivity contribution in [3.05, 3.63) is 148 Å². The SMILES string of the molecule is CC(Cc1ccccc1)C(=O)N(Cc1ccccc1)[Si](C)(C)C.CSC1=C(c2ccccc2)c2ccccc2CN(C[Si](C)(C)C)C1=O. The minimum absolute atomic E-state index is 0.00726. The van der Waals surface area contributed by atoms with Gasteiger partial charge in [-0.05, 0) is 40.5 Å². The summed E-state index contributed by atoms with van der Waals surface area (Å²) in [5.41, 5.74) is 7.04. The van der Waals surface area contributed by atoms with Crippen molar-refractivity contribution in [1.82, 2.24) is 9.47 Å². The predicted molar refractivity (Wildman–Crippen MR) is 211 cm³/mol. The fourth-order valence-corrected chi connectivity index (χ4v) is 9.74. The van der Waals surface area contributed by atoms with E-state index in [9.17, 15) is 9.59 Å². The van der Waals surface area contributed by atoms with Gasteiger partial charge in [0.25, 0.3) is 5.91 Å². The van der Waals surface area contributed by atoms with Crippen molar-refractivity contribution in [3.63, 3.8) is 0 Å². The van der Waals surface area contributed by atoms with Crippen LogP contribution in [-0.4, -0.2) is 50.0 Å². The van der Waals surface area contributed by atoms with Gasteiger partial charge in [0.15, 0.2) is 8.24 Å². The summed E-state index contributed by atoms with van der Waals surface area (Å²) in [4.78, 5) is 29.4. The molecule has 48 heavy (non-hydrogen) atoms. The molecule has 7 heteroatoms. The highest BCUT2D eigenvalue weighted by molar-refractivity contribution is 8.03. The third-order valence-corrected chi connectivity index (χ3v) is 12.5. The van der Waals surface area contributed by atoms with Gasteiger partial charge in [0.2, 0.25) is 5.91 Å². The van der Waals surface area contributed by atoms with Crippen LogP contribution in [0.5, 0.6) is 0 Å². The monoisotopic (exact) mass is 692 g/mol. The Bertz CT molecular complexity index is 1680. The average Bonchev–Trinajstić information content (AvgIpc) is 3.17. The lowest BCUT2D eigenvalue weighted by molar-refractivity contribution is -0.131. The zero-order valence-corrected chi connectivity index (χ0v) is 32.8. The molecule has 0 aromatic heterocycles. The molecule has 0 fully saturated rings. The maximum absolute atomic E-state index is 13.4. The quantitative estimate of drug-likeness (QED) is 0.155. The van der Waals surface area contributed by atoms with Crippen LogP contribution >= 0.6 is 11.8 Å². The fourth-order valence-electron chi connectivity index (χ4n) is 6.07. The zero-order valence-electron chi connectivity index (χ0n) is 30.0. The number of hydrogen-bond donors (Lipinski definition) is 0. The van der Waals surface area contributed by atoms with Gasteiger partial charge < -0.3 is 9.47 Å². The van der Waals surface area contributed by atoms with Gasteiger partial charge in [-0.15, -0.1) is 11.8 Å². The van der Waals surface area contributed by atoms with E-state index < -0.39 is 16.3 Å². The first-order chi connectivity index (χ1) is 22.8. The van der Waals surface area contributed by atoms with E-state index in [-0.39, 0.29) is 17.7 Å². The molecule has 0 aliphatic carbocycles. The Kier molecular flexibility index (Phi) is 12.9. The Hall–Kier alpha value is -3.66. The van der Waals surface area contributed by atoms with Crippen molar-refractivity contribution in [1.29, 1.82) is 0 Å². The maximum Gasteiger partial charge on any atom is 0.260 e. The maximum atomic E-state index is 13.4. The van der Waals surface area contributed by atoms with Crippen LogP contribution in [-0.2, 0) is 29.1 Å². The first-order valence-corrected chi connectivity index (χ1v) is 25.3. The summed E-state index contributed by atoms with van der Waals surface area (Å²) in [5, 5.41) is 0. The molecule has 2 amide bonds. The van der Waals surface area contributed by atoms with E-state index in [0.29, 0.717) is 13.1 Å². The first kappa shape index (κ1) is 37.2. The Morgan fingerprint density at radius 2 is 1.29 bits per heavy atom. The van der Waals surface area contributed by atoms with Gasteiger partial charge in [-0.25, -0.2) is 0 Å². The van der Waals surface area contributed by atoms with E-state index in [0.717, 1.165) is 28.6 Å². The van der Waals surface area contributed by atoms with Gasteiger partial charge in [0.05, 0.1) is 13.0 Å². The number of benzene rings is 4. The first-order valence-electron chi connectivity index (χ1n) is 16.9. The van der Waals surface area contributed by atoms with Crippen molar-refractivity contribution < 1.29 is 9.59 Å². The number of thioether (sulfide) groups is 1. The molecule has 1 aliphatic rings. The summed E-state index contributed by atoms with van der Waals surface area (Å²) in [6.07, 6.45) is 3.69. The predicted octanol–water partition coefficient (Wildman–Crippen LogP) is 9.76. The van der Waals surface area contributed by atoms with E-state index in [1.165, 1.54) is 22.3 Å². The summed E-state index contributed by atoms with van der Waals surface area (Å²) in [5.74, 6) is 0.453. The molecule has 252 valence electrons. The normalized spacial score (nSPS) is 14.0. The summed E-state index contributed by atoms with van der Waals surface area (Å²) in [6, 6.07) is 39.3. The number of nitrogens with zero attached hydrogens (tertiary/aromatic N) is 2. The van der Waals surface area contributed by atoms with Crippen LogP contribution in [0.15, 0.2) is 120 Å². The van der Waals surface area contributed by atoms with E-state index >= 15 is 0 Å². The summed E-state index contributed by atoms with van der Waals surface area (Å²) >= 11 is 1.57. The van der Waals surface area contributed by atoms with Crippen molar-refractivity contribution >= 4 is 45.5 Å². The largest absolute Gasteiger partial charge is 0.366 e. The Balaban J connectivity index is 0.000000218. The second-order valence-electron chi connectivity index (χ2n) is 14.8. The molecule has 0 saturated heterocycles. The average molecular weight is 693 g/mol. The van der Waals surface area contributed by atoms with Crippen molar-refractivity contribution in [2.45, 2.75) is 65.7 Å². The highest BCUT2D eigenvalue weighted by atomic mass is 32.2. The number of fused-ring (bicyclic) bond motifs is 1. The van der Waals surface area contributed by atoms with Crippen LogP contribution in [0.2, 0.25) is 39.3 Å². The highest BCUT2D eigenvalue weighted by Crippen LogP contribution is 2.38. The van der Waals surface area contributed by atoms with E-state index in [1.54, 1.807) is 11.8 Å². The zero-order chi connectivity index (χ0) is 34.9. The molecular weight excluding hydrogens is 641 g/mol. The van der Waals surface area contributed by atoms with E-state index in [4.69, 9.17) is 0 Å². The summed E-state index contributed by atoms with van der Waals surface area (Å²) < 4.78 is 2.13. The molecule has 0 bridgehead atoms. The smallest absolute Gasteiger partial charge is 0.260 e. The third-order valence-electron chi connectivity index (χ3n) is 8.35. The number of hydrogen-bond acceptors (Lipinski definition) is 3. The lowest BCUT2D eigenvalue weighted by Crippen LogP contribution is -2.51. The molecule has 1 aliphatic heterocycles. The molecule has 4 nitrogen and oxygen atoms in total. The third kappa shape index (κ3) is 10.2. The highest BCUT2D eigenvalue weighted by Gasteiger charge is 2.32. The van der Waals surface area contributed by atoms with Crippen molar-refractivity contribution in [3.8, 4) is 0 Å². The van der Waals surface area contributed by atoms with E-state index in [1.807, 2.05) is 67.8 Å². The molecule has 4 aromatic rings. The molecule has 0 saturated carbocycles. The number of carbonyl (C=O) groups excluding carboxylic acids is 2.